The van der Waals surface area contributed by atoms with Gasteiger partial charge < -0.3 is 15.1 Å². The van der Waals surface area contributed by atoms with E-state index in [1.54, 1.807) is 12.4 Å². The molecule has 1 saturated heterocycles. The van der Waals surface area contributed by atoms with Crippen molar-refractivity contribution in [3.63, 3.8) is 0 Å². The molecular formula is C20H27N5O. The number of nitrogens with zero attached hydrogens (tertiary/aromatic N) is 4. The molecular weight excluding hydrogens is 326 g/mol. The van der Waals surface area contributed by atoms with Crippen LogP contribution in [-0.4, -0.2) is 42.1 Å². The summed E-state index contributed by atoms with van der Waals surface area (Å²) < 4.78 is 0. The standard InChI is InChI=1S/C20H27N5O/c1-4-24(5-2)16-8-9-17(15(3)12-16)23-20(26)18-13-22-19(14-21-18)25-10-6-7-11-25/h8-9,12-14H,4-7,10-11H2,1-3H3,(H,23,26). The maximum Gasteiger partial charge on any atom is 0.275 e. The van der Waals surface area contributed by atoms with Gasteiger partial charge in [0, 0.05) is 37.6 Å². The van der Waals surface area contributed by atoms with E-state index >= 15 is 0 Å². The molecule has 0 radical (unpaired) electrons. The van der Waals surface area contributed by atoms with Crippen LogP contribution in [0.5, 0.6) is 0 Å². The van der Waals surface area contributed by atoms with Crippen LogP contribution in [0.15, 0.2) is 30.6 Å². The number of hydrogen-bond donors (Lipinski definition) is 1. The summed E-state index contributed by atoms with van der Waals surface area (Å²) in [6.07, 6.45) is 5.62. The van der Waals surface area contributed by atoms with Gasteiger partial charge in [0.2, 0.25) is 0 Å². The second-order valence-electron chi connectivity index (χ2n) is 6.58. The summed E-state index contributed by atoms with van der Waals surface area (Å²) in [6, 6.07) is 6.09. The number of aryl methyl sites for hydroxylation is 1. The van der Waals surface area contributed by atoms with Gasteiger partial charge in [0.05, 0.1) is 12.4 Å². The fraction of sp³-hybridized carbons (Fsp3) is 0.450. The number of benzene rings is 1. The Balaban J connectivity index is 1.69. The summed E-state index contributed by atoms with van der Waals surface area (Å²) in [5.41, 5.74) is 3.33. The maximum atomic E-state index is 12.5. The Kier molecular flexibility index (Phi) is 5.71. The third-order valence-electron chi connectivity index (χ3n) is 4.89. The molecule has 26 heavy (non-hydrogen) atoms. The zero-order valence-electron chi connectivity index (χ0n) is 15.8. The SMILES string of the molecule is CCN(CC)c1ccc(NC(=O)c2cnc(N3CCCC3)cn2)c(C)c1. The van der Waals surface area contributed by atoms with Crippen molar-refractivity contribution < 1.29 is 4.79 Å². The zero-order valence-corrected chi connectivity index (χ0v) is 15.8. The van der Waals surface area contributed by atoms with E-state index in [1.165, 1.54) is 18.5 Å². The van der Waals surface area contributed by atoms with Gasteiger partial charge in [-0.2, -0.15) is 0 Å². The van der Waals surface area contributed by atoms with Crippen LogP contribution in [0.3, 0.4) is 0 Å². The molecule has 1 N–H and O–H groups in total. The highest BCUT2D eigenvalue weighted by atomic mass is 16.1. The van der Waals surface area contributed by atoms with Gasteiger partial charge in [-0.3, -0.25) is 4.79 Å². The molecule has 0 bridgehead atoms. The second-order valence-corrected chi connectivity index (χ2v) is 6.58. The van der Waals surface area contributed by atoms with E-state index in [0.29, 0.717) is 5.69 Å². The summed E-state index contributed by atoms with van der Waals surface area (Å²) in [6.45, 7) is 10.2. The first-order valence-electron chi connectivity index (χ1n) is 9.36. The van der Waals surface area contributed by atoms with Crippen LogP contribution in [0.1, 0.15) is 42.7 Å². The first kappa shape index (κ1) is 18.2. The predicted octanol–water partition coefficient (Wildman–Crippen LogP) is 3.48. The Labute approximate surface area is 155 Å². The number of aromatic nitrogens is 2. The predicted molar refractivity (Wildman–Crippen MR) is 106 cm³/mol. The van der Waals surface area contributed by atoms with Gasteiger partial charge in [0.15, 0.2) is 0 Å². The minimum Gasteiger partial charge on any atom is -0.372 e. The van der Waals surface area contributed by atoms with Gasteiger partial charge in [-0.05, 0) is 57.4 Å². The van der Waals surface area contributed by atoms with E-state index in [1.807, 2.05) is 19.1 Å². The molecule has 138 valence electrons. The Bertz CT molecular complexity index is 749. The smallest absolute Gasteiger partial charge is 0.275 e. The highest BCUT2D eigenvalue weighted by molar-refractivity contribution is 6.03. The fourth-order valence-electron chi connectivity index (χ4n) is 3.31. The average molecular weight is 353 g/mol. The van der Waals surface area contributed by atoms with Gasteiger partial charge in [0.25, 0.3) is 5.91 Å². The number of nitrogens with one attached hydrogen (secondary N) is 1. The van der Waals surface area contributed by atoms with Crippen molar-refractivity contribution in [1.29, 1.82) is 0 Å². The van der Waals surface area contributed by atoms with Crippen LogP contribution in [0.2, 0.25) is 0 Å². The molecule has 6 nitrogen and oxygen atoms in total. The van der Waals surface area contributed by atoms with Crippen molar-refractivity contribution in [2.24, 2.45) is 0 Å². The summed E-state index contributed by atoms with van der Waals surface area (Å²) in [5.74, 6) is 0.614. The third kappa shape index (κ3) is 3.95. The molecule has 0 spiro atoms. The van der Waals surface area contributed by atoms with Crippen molar-refractivity contribution in [2.45, 2.75) is 33.6 Å². The number of rotatable bonds is 6. The van der Waals surface area contributed by atoms with Crippen molar-refractivity contribution in [3.05, 3.63) is 41.9 Å². The van der Waals surface area contributed by atoms with Gasteiger partial charge in [-0.25, -0.2) is 9.97 Å². The molecule has 6 heteroatoms. The van der Waals surface area contributed by atoms with Crippen LogP contribution in [0.4, 0.5) is 17.2 Å². The lowest BCUT2D eigenvalue weighted by molar-refractivity contribution is 0.102. The van der Waals surface area contributed by atoms with E-state index in [4.69, 9.17) is 0 Å². The lowest BCUT2D eigenvalue weighted by Gasteiger charge is -2.22. The molecule has 1 aliphatic heterocycles. The van der Waals surface area contributed by atoms with Gasteiger partial charge >= 0.3 is 0 Å². The third-order valence-corrected chi connectivity index (χ3v) is 4.89. The van der Waals surface area contributed by atoms with E-state index in [-0.39, 0.29) is 5.91 Å². The lowest BCUT2D eigenvalue weighted by atomic mass is 10.1. The number of anilines is 3. The minimum atomic E-state index is -0.232. The minimum absolute atomic E-state index is 0.232. The van der Waals surface area contributed by atoms with Crippen molar-refractivity contribution in [1.82, 2.24) is 9.97 Å². The van der Waals surface area contributed by atoms with E-state index in [0.717, 1.165) is 43.2 Å². The lowest BCUT2D eigenvalue weighted by Crippen LogP contribution is -2.22. The normalized spacial score (nSPS) is 13.7. The fourth-order valence-corrected chi connectivity index (χ4v) is 3.31. The first-order valence-corrected chi connectivity index (χ1v) is 9.36. The molecule has 1 fully saturated rings. The molecule has 1 aromatic carbocycles. The summed E-state index contributed by atoms with van der Waals surface area (Å²) in [5, 5.41) is 2.94. The summed E-state index contributed by atoms with van der Waals surface area (Å²) in [7, 11) is 0. The van der Waals surface area contributed by atoms with Crippen molar-refractivity contribution in [3.8, 4) is 0 Å². The van der Waals surface area contributed by atoms with Crippen LogP contribution in [0.25, 0.3) is 0 Å². The number of carbonyl (C=O) groups excluding carboxylic acids is 1. The highest BCUT2D eigenvalue weighted by Crippen LogP contribution is 2.23. The molecule has 0 aliphatic carbocycles. The maximum absolute atomic E-state index is 12.5. The van der Waals surface area contributed by atoms with Crippen LogP contribution >= 0.6 is 0 Å². The molecule has 0 atom stereocenters. The molecule has 1 amide bonds. The average Bonchev–Trinajstić information content (AvgIpc) is 3.19. The Morgan fingerprint density at radius 3 is 2.46 bits per heavy atom. The molecule has 2 heterocycles. The summed E-state index contributed by atoms with van der Waals surface area (Å²) in [4.78, 5) is 25.7. The quantitative estimate of drug-likeness (QED) is 0.861. The Morgan fingerprint density at radius 2 is 1.88 bits per heavy atom. The van der Waals surface area contributed by atoms with Crippen LogP contribution in [-0.2, 0) is 0 Å². The molecule has 0 saturated carbocycles. The van der Waals surface area contributed by atoms with Crippen molar-refractivity contribution in [2.75, 3.05) is 41.3 Å². The monoisotopic (exact) mass is 353 g/mol. The second kappa shape index (κ2) is 8.17. The zero-order chi connectivity index (χ0) is 18.5. The molecule has 0 unspecified atom stereocenters. The molecule has 3 rings (SSSR count). The molecule has 1 aliphatic rings. The number of carbonyl (C=O) groups is 1. The highest BCUT2D eigenvalue weighted by Gasteiger charge is 2.16. The Morgan fingerprint density at radius 1 is 1.15 bits per heavy atom. The summed E-state index contributed by atoms with van der Waals surface area (Å²) >= 11 is 0. The topological polar surface area (TPSA) is 61.4 Å². The number of hydrogen-bond acceptors (Lipinski definition) is 5. The number of amides is 1. The van der Waals surface area contributed by atoms with Crippen molar-refractivity contribution >= 4 is 23.1 Å². The largest absolute Gasteiger partial charge is 0.372 e. The van der Waals surface area contributed by atoms with E-state index in [2.05, 4.69) is 45.0 Å². The first-order chi connectivity index (χ1) is 12.6. The Hall–Kier alpha value is -2.63. The van der Waals surface area contributed by atoms with Crippen LogP contribution in [0, 0.1) is 6.92 Å². The van der Waals surface area contributed by atoms with Gasteiger partial charge in [-0.15, -0.1) is 0 Å². The van der Waals surface area contributed by atoms with E-state index < -0.39 is 0 Å². The van der Waals surface area contributed by atoms with E-state index in [9.17, 15) is 4.79 Å². The molecule has 1 aromatic heterocycles. The molecule has 2 aromatic rings. The van der Waals surface area contributed by atoms with Gasteiger partial charge in [0.1, 0.15) is 11.5 Å². The van der Waals surface area contributed by atoms with Gasteiger partial charge in [-0.1, -0.05) is 0 Å². The van der Waals surface area contributed by atoms with Crippen LogP contribution < -0.4 is 15.1 Å².